The van der Waals surface area contributed by atoms with Crippen molar-refractivity contribution in [3.05, 3.63) is 47.5 Å². The molecule has 0 spiro atoms. The first-order chi connectivity index (χ1) is 16.1. The number of rotatable bonds is 11. The van der Waals surface area contributed by atoms with Gasteiger partial charge in [0, 0.05) is 28.5 Å². The van der Waals surface area contributed by atoms with Gasteiger partial charge in [0.1, 0.15) is 5.75 Å². The van der Waals surface area contributed by atoms with Crippen LogP contribution < -0.4 is 19.5 Å². The lowest BCUT2D eigenvalue weighted by molar-refractivity contribution is -0.129. The number of hydrogen-bond donors (Lipinski definition) is 1. The Balaban J connectivity index is 1.99. The standard InChI is InChI=1S/C25H31NO7S/c1-25(2,3)22(27)14-33-24(29)17-9-7-8-10-21(17)34-15-23(28)26-13-16-11-19(31-5)20(32-6)12-18(16)30-4/h7-12H,13-15H2,1-6H3,(H,26,28). The van der Waals surface area contributed by atoms with Crippen LogP contribution in [0.5, 0.6) is 17.2 Å². The number of amides is 1. The first kappa shape index (κ1) is 27.0. The molecule has 0 aromatic heterocycles. The number of carbonyl (C=O) groups is 3. The smallest absolute Gasteiger partial charge is 0.339 e. The van der Waals surface area contributed by atoms with Crippen LogP contribution in [0.15, 0.2) is 41.3 Å². The lowest BCUT2D eigenvalue weighted by Crippen LogP contribution is -2.26. The lowest BCUT2D eigenvalue weighted by atomic mass is 9.91. The zero-order chi connectivity index (χ0) is 25.3. The number of methoxy groups -OCH3 is 3. The van der Waals surface area contributed by atoms with Crippen molar-refractivity contribution in [2.75, 3.05) is 33.7 Å². The number of benzene rings is 2. The molecule has 0 atom stereocenters. The van der Waals surface area contributed by atoms with E-state index in [1.54, 1.807) is 57.2 Å². The second kappa shape index (κ2) is 12.3. The molecule has 9 heteroatoms. The van der Waals surface area contributed by atoms with Gasteiger partial charge in [0.25, 0.3) is 0 Å². The molecule has 0 radical (unpaired) electrons. The highest BCUT2D eigenvalue weighted by molar-refractivity contribution is 8.00. The van der Waals surface area contributed by atoms with E-state index >= 15 is 0 Å². The van der Waals surface area contributed by atoms with E-state index in [9.17, 15) is 14.4 Å². The van der Waals surface area contributed by atoms with E-state index in [0.717, 1.165) is 5.56 Å². The molecule has 0 saturated heterocycles. The Hall–Kier alpha value is -3.20. The van der Waals surface area contributed by atoms with Gasteiger partial charge in [-0.15, -0.1) is 11.8 Å². The van der Waals surface area contributed by atoms with Gasteiger partial charge in [-0.25, -0.2) is 4.79 Å². The molecule has 0 fully saturated rings. The molecule has 0 bridgehead atoms. The molecule has 2 rings (SSSR count). The molecular weight excluding hydrogens is 458 g/mol. The number of nitrogens with one attached hydrogen (secondary N) is 1. The molecular formula is C25H31NO7S. The highest BCUT2D eigenvalue weighted by atomic mass is 32.2. The summed E-state index contributed by atoms with van der Waals surface area (Å²) in [6, 6.07) is 10.3. The number of Topliss-reactive ketones (excluding diaryl/α,β-unsaturated/α-hetero) is 1. The summed E-state index contributed by atoms with van der Waals surface area (Å²) in [7, 11) is 4.60. The van der Waals surface area contributed by atoms with Crippen LogP contribution in [0, 0.1) is 5.41 Å². The second-order valence-electron chi connectivity index (χ2n) is 8.33. The van der Waals surface area contributed by atoms with Crippen molar-refractivity contribution in [2.45, 2.75) is 32.2 Å². The monoisotopic (exact) mass is 489 g/mol. The van der Waals surface area contributed by atoms with Crippen LogP contribution in [0.3, 0.4) is 0 Å². The van der Waals surface area contributed by atoms with Crippen molar-refractivity contribution in [2.24, 2.45) is 5.41 Å². The Labute approximate surface area is 204 Å². The Morgan fingerprint density at radius 3 is 2.15 bits per heavy atom. The van der Waals surface area contributed by atoms with Crippen LogP contribution in [-0.2, 0) is 20.9 Å². The number of esters is 1. The Bertz CT molecular complexity index is 1030. The average Bonchev–Trinajstić information content (AvgIpc) is 2.83. The summed E-state index contributed by atoms with van der Waals surface area (Å²) in [4.78, 5) is 37.6. The van der Waals surface area contributed by atoms with E-state index < -0.39 is 11.4 Å². The molecule has 184 valence electrons. The summed E-state index contributed by atoms with van der Waals surface area (Å²) < 4.78 is 21.2. The molecule has 0 unspecified atom stereocenters. The highest BCUT2D eigenvalue weighted by Crippen LogP contribution is 2.34. The third-order valence-electron chi connectivity index (χ3n) is 4.90. The van der Waals surface area contributed by atoms with Gasteiger partial charge in [-0.3, -0.25) is 9.59 Å². The fourth-order valence-electron chi connectivity index (χ4n) is 2.81. The van der Waals surface area contributed by atoms with Gasteiger partial charge in [0.05, 0.1) is 32.6 Å². The zero-order valence-corrected chi connectivity index (χ0v) is 21.2. The third kappa shape index (κ3) is 7.41. The van der Waals surface area contributed by atoms with Gasteiger partial charge >= 0.3 is 5.97 Å². The molecule has 2 aromatic carbocycles. The largest absolute Gasteiger partial charge is 0.496 e. The average molecular weight is 490 g/mol. The molecule has 0 aliphatic heterocycles. The molecule has 0 aliphatic rings. The Morgan fingerprint density at radius 1 is 0.912 bits per heavy atom. The van der Waals surface area contributed by atoms with Crippen LogP contribution in [0.1, 0.15) is 36.7 Å². The van der Waals surface area contributed by atoms with Crippen LogP contribution in [0.25, 0.3) is 0 Å². The van der Waals surface area contributed by atoms with Gasteiger partial charge in [-0.2, -0.15) is 0 Å². The van der Waals surface area contributed by atoms with Crippen LogP contribution in [0.2, 0.25) is 0 Å². The molecule has 0 heterocycles. The summed E-state index contributed by atoms with van der Waals surface area (Å²) in [6.07, 6.45) is 0. The van der Waals surface area contributed by atoms with Crippen molar-refractivity contribution in [1.29, 1.82) is 0 Å². The third-order valence-corrected chi connectivity index (χ3v) is 5.97. The van der Waals surface area contributed by atoms with Gasteiger partial charge < -0.3 is 24.3 Å². The SMILES string of the molecule is COc1cc(OC)c(OC)cc1CNC(=O)CSc1ccccc1C(=O)OCC(=O)C(C)(C)C. The van der Waals surface area contributed by atoms with E-state index in [4.69, 9.17) is 18.9 Å². The second-order valence-corrected chi connectivity index (χ2v) is 9.35. The van der Waals surface area contributed by atoms with Crippen molar-refractivity contribution >= 4 is 29.4 Å². The predicted molar refractivity (Wildman–Crippen MR) is 130 cm³/mol. The van der Waals surface area contributed by atoms with Gasteiger partial charge in [0.2, 0.25) is 5.91 Å². The van der Waals surface area contributed by atoms with Gasteiger partial charge in [-0.05, 0) is 18.2 Å². The molecule has 8 nitrogen and oxygen atoms in total. The van der Waals surface area contributed by atoms with E-state index in [-0.39, 0.29) is 30.6 Å². The van der Waals surface area contributed by atoms with Gasteiger partial charge in [0.15, 0.2) is 23.9 Å². The number of hydrogen-bond acceptors (Lipinski definition) is 8. The molecule has 1 N–H and O–H groups in total. The Kier molecular flexibility index (Phi) is 9.80. The maximum Gasteiger partial charge on any atom is 0.339 e. The quantitative estimate of drug-likeness (QED) is 0.375. The summed E-state index contributed by atoms with van der Waals surface area (Å²) in [5, 5.41) is 2.84. The summed E-state index contributed by atoms with van der Waals surface area (Å²) >= 11 is 1.21. The maximum atomic E-state index is 12.5. The summed E-state index contributed by atoms with van der Waals surface area (Å²) in [5.41, 5.74) is 0.443. The number of ether oxygens (including phenoxy) is 4. The van der Waals surface area contributed by atoms with Crippen molar-refractivity contribution in [3.63, 3.8) is 0 Å². The number of ketones is 1. The first-order valence-electron chi connectivity index (χ1n) is 10.6. The fourth-order valence-corrected chi connectivity index (χ4v) is 3.68. The maximum absolute atomic E-state index is 12.5. The van der Waals surface area contributed by atoms with E-state index in [2.05, 4.69) is 5.32 Å². The van der Waals surface area contributed by atoms with Crippen LogP contribution >= 0.6 is 11.8 Å². The van der Waals surface area contributed by atoms with Crippen molar-refractivity contribution < 1.29 is 33.3 Å². The van der Waals surface area contributed by atoms with Gasteiger partial charge in [-0.1, -0.05) is 32.9 Å². The minimum atomic E-state index is -0.601. The lowest BCUT2D eigenvalue weighted by Gasteiger charge is -2.16. The molecule has 34 heavy (non-hydrogen) atoms. The normalized spacial score (nSPS) is 10.9. The summed E-state index contributed by atoms with van der Waals surface area (Å²) in [6.45, 7) is 5.23. The minimum Gasteiger partial charge on any atom is -0.496 e. The molecule has 0 saturated carbocycles. The number of thioether (sulfide) groups is 1. The van der Waals surface area contributed by atoms with Crippen LogP contribution in [0.4, 0.5) is 0 Å². The van der Waals surface area contributed by atoms with Crippen molar-refractivity contribution in [1.82, 2.24) is 5.32 Å². The summed E-state index contributed by atoms with van der Waals surface area (Å²) in [5.74, 6) is 0.696. The van der Waals surface area contributed by atoms with E-state index in [0.29, 0.717) is 27.7 Å². The van der Waals surface area contributed by atoms with Crippen molar-refractivity contribution in [3.8, 4) is 17.2 Å². The fraction of sp³-hybridized carbons (Fsp3) is 0.400. The molecule has 1 amide bonds. The zero-order valence-electron chi connectivity index (χ0n) is 20.4. The molecule has 2 aromatic rings. The Morgan fingerprint density at radius 2 is 1.53 bits per heavy atom. The topological polar surface area (TPSA) is 100 Å². The predicted octanol–water partition coefficient (Wildman–Crippen LogP) is 3.89. The van der Waals surface area contributed by atoms with E-state index in [1.165, 1.54) is 33.1 Å². The number of carbonyl (C=O) groups excluding carboxylic acids is 3. The molecule has 0 aliphatic carbocycles. The minimum absolute atomic E-state index is 0.0841. The van der Waals surface area contributed by atoms with Crippen LogP contribution in [-0.4, -0.2) is 51.3 Å². The van der Waals surface area contributed by atoms with E-state index in [1.807, 2.05) is 0 Å². The highest BCUT2D eigenvalue weighted by Gasteiger charge is 2.23. The first-order valence-corrected chi connectivity index (χ1v) is 11.6.